The van der Waals surface area contributed by atoms with Crippen LogP contribution in [0.4, 0.5) is 0 Å². The highest BCUT2D eigenvalue weighted by atomic mass is 32.2. The minimum Gasteiger partial charge on any atom is -0.497 e. The number of sulfonamides is 1. The van der Waals surface area contributed by atoms with Gasteiger partial charge in [0.05, 0.1) is 29.6 Å². The quantitative estimate of drug-likeness (QED) is 0.655. The Morgan fingerprint density at radius 3 is 2.46 bits per heavy atom. The van der Waals surface area contributed by atoms with Crippen molar-refractivity contribution in [2.75, 3.05) is 14.2 Å². The third-order valence-electron chi connectivity index (χ3n) is 4.54. The highest BCUT2D eigenvalue weighted by Gasteiger charge is 2.26. The van der Waals surface area contributed by atoms with E-state index in [2.05, 4.69) is 9.97 Å². The highest BCUT2D eigenvalue weighted by Crippen LogP contribution is 2.28. The Morgan fingerprint density at radius 2 is 1.89 bits per heavy atom. The number of nitrogens with one attached hydrogen (secondary N) is 1. The molecule has 0 aliphatic heterocycles. The molecule has 148 valence electrons. The molecule has 0 radical (unpaired) electrons. The number of aromatic amines is 1. The van der Waals surface area contributed by atoms with Crippen LogP contribution in [0.15, 0.2) is 35.2 Å². The van der Waals surface area contributed by atoms with Crippen LogP contribution in [-0.2, 0) is 16.6 Å². The van der Waals surface area contributed by atoms with Crippen molar-refractivity contribution in [1.29, 1.82) is 0 Å². The number of nitrogens with two attached hydrogens (primary N) is 1. The molecule has 0 fully saturated rings. The van der Waals surface area contributed by atoms with Gasteiger partial charge in [0.2, 0.25) is 10.0 Å². The van der Waals surface area contributed by atoms with E-state index in [9.17, 15) is 13.2 Å². The van der Waals surface area contributed by atoms with E-state index in [0.717, 1.165) is 0 Å². The van der Waals surface area contributed by atoms with Gasteiger partial charge in [0, 0.05) is 7.05 Å². The average Bonchev–Trinajstić information content (AvgIpc) is 3.02. The number of rotatable bonds is 6. The van der Waals surface area contributed by atoms with Crippen molar-refractivity contribution in [2.45, 2.75) is 25.3 Å². The molecule has 3 aromatic rings. The second-order valence-electron chi connectivity index (χ2n) is 6.60. The van der Waals surface area contributed by atoms with Gasteiger partial charge in [-0.05, 0) is 49.2 Å². The number of nitrogens with zero attached hydrogens (tertiary/aromatic N) is 2. The first-order valence-corrected chi connectivity index (χ1v) is 9.98. The Bertz CT molecular complexity index is 1140. The topological polar surface area (TPSA) is 118 Å². The number of benzene rings is 2. The second kappa shape index (κ2) is 7.25. The van der Waals surface area contributed by atoms with Crippen LogP contribution in [0.3, 0.4) is 0 Å². The zero-order chi connectivity index (χ0) is 20.6. The van der Waals surface area contributed by atoms with Gasteiger partial charge in [0.1, 0.15) is 17.1 Å². The number of primary amides is 1. The second-order valence-corrected chi connectivity index (χ2v) is 8.58. The molecule has 3 N–H and O–H groups in total. The van der Waals surface area contributed by atoms with Crippen LogP contribution in [0.1, 0.15) is 27.3 Å². The van der Waals surface area contributed by atoms with Crippen molar-refractivity contribution < 1.29 is 17.9 Å². The van der Waals surface area contributed by atoms with E-state index in [1.807, 2.05) is 0 Å². The number of carbonyl (C=O) groups is 1. The van der Waals surface area contributed by atoms with Crippen LogP contribution in [0.25, 0.3) is 11.0 Å². The summed E-state index contributed by atoms with van der Waals surface area (Å²) in [5, 5.41) is 0. The Hall–Kier alpha value is -2.91. The monoisotopic (exact) mass is 402 g/mol. The molecule has 0 saturated carbocycles. The molecular formula is C19H22N4O4S. The van der Waals surface area contributed by atoms with E-state index in [1.165, 1.54) is 18.5 Å². The number of imidazole rings is 1. The van der Waals surface area contributed by atoms with Crippen molar-refractivity contribution >= 4 is 27.0 Å². The molecule has 1 heterocycles. The fourth-order valence-electron chi connectivity index (χ4n) is 3.24. The molecule has 0 unspecified atom stereocenters. The lowest BCUT2D eigenvalue weighted by atomic mass is 10.1. The third-order valence-corrected chi connectivity index (χ3v) is 6.65. The molecule has 9 heteroatoms. The summed E-state index contributed by atoms with van der Waals surface area (Å²) in [6.07, 6.45) is 0. The number of hydrogen-bond donors (Lipinski definition) is 2. The molecule has 0 aliphatic carbocycles. The van der Waals surface area contributed by atoms with Gasteiger partial charge < -0.3 is 15.5 Å². The van der Waals surface area contributed by atoms with E-state index < -0.39 is 15.9 Å². The van der Waals surface area contributed by atoms with E-state index in [-0.39, 0.29) is 17.0 Å². The van der Waals surface area contributed by atoms with Crippen LogP contribution >= 0.6 is 0 Å². The Morgan fingerprint density at radius 1 is 1.25 bits per heavy atom. The first-order valence-electron chi connectivity index (χ1n) is 8.54. The molecule has 8 nitrogen and oxygen atoms in total. The molecule has 0 spiro atoms. The molecule has 3 rings (SSSR count). The number of amides is 1. The van der Waals surface area contributed by atoms with Crippen LogP contribution in [0.5, 0.6) is 5.75 Å². The van der Waals surface area contributed by atoms with Gasteiger partial charge in [-0.25, -0.2) is 13.4 Å². The first-order chi connectivity index (χ1) is 13.1. The number of methoxy groups -OCH3 is 1. The van der Waals surface area contributed by atoms with E-state index in [0.29, 0.717) is 33.7 Å². The number of carbonyl (C=O) groups excluding carboxylic acids is 1. The van der Waals surface area contributed by atoms with Crippen molar-refractivity contribution in [1.82, 2.24) is 14.3 Å². The average molecular weight is 402 g/mol. The normalized spacial score (nSPS) is 11.9. The highest BCUT2D eigenvalue weighted by molar-refractivity contribution is 7.89. The molecule has 1 aromatic heterocycles. The van der Waals surface area contributed by atoms with Crippen molar-refractivity contribution in [3.8, 4) is 5.75 Å². The van der Waals surface area contributed by atoms with Crippen molar-refractivity contribution in [3.63, 3.8) is 0 Å². The number of aromatic nitrogens is 2. The molecular weight excluding hydrogens is 380 g/mol. The van der Waals surface area contributed by atoms with Crippen LogP contribution < -0.4 is 10.5 Å². The third kappa shape index (κ3) is 3.46. The lowest BCUT2D eigenvalue weighted by molar-refractivity contribution is 0.100. The Balaban J connectivity index is 1.97. The largest absolute Gasteiger partial charge is 0.497 e. The van der Waals surface area contributed by atoms with Gasteiger partial charge in [0.25, 0.3) is 5.91 Å². The maximum absolute atomic E-state index is 13.1. The summed E-state index contributed by atoms with van der Waals surface area (Å²) in [6, 6.07) is 8.40. The minimum atomic E-state index is -3.76. The summed E-state index contributed by atoms with van der Waals surface area (Å²) in [4.78, 5) is 19.2. The molecule has 0 atom stereocenters. The summed E-state index contributed by atoms with van der Waals surface area (Å²) in [5.41, 5.74) is 7.91. The van der Waals surface area contributed by atoms with Crippen LogP contribution in [0, 0.1) is 13.8 Å². The fourth-order valence-corrected chi connectivity index (χ4v) is 4.78. The molecule has 28 heavy (non-hydrogen) atoms. The molecule has 0 aliphatic rings. The summed E-state index contributed by atoms with van der Waals surface area (Å²) in [7, 11) is -0.736. The lowest BCUT2D eigenvalue weighted by Crippen LogP contribution is -2.28. The summed E-state index contributed by atoms with van der Waals surface area (Å²) in [5.74, 6) is 0.431. The zero-order valence-electron chi connectivity index (χ0n) is 16.1. The number of hydrogen-bond acceptors (Lipinski definition) is 5. The SMILES string of the molecule is COc1cc(C)c(S(=O)(=O)N(C)Cc2nc3c(C(N)=O)cccc3[nH]2)c(C)c1. The lowest BCUT2D eigenvalue weighted by Gasteiger charge is -2.19. The summed E-state index contributed by atoms with van der Waals surface area (Å²) < 4.78 is 32.7. The maximum Gasteiger partial charge on any atom is 0.250 e. The Labute approximate surface area is 163 Å². The first kappa shape index (κ1) is 19.8. The van der Waals surface area contributed by atoms with Crippen molar-refractivity contribution in [2.24, 2.45) is 5.73 Å². The van der Waals surface area contributed by atoms with Gasteiger partial charge >= 0.3 is 0 Å². The zero-order valence-corrected chi connectivity index (χ0v) is 16.9. The van der Waals surface area contributed by atoms with E-state index >= 15 is 0 Å². The molecule has 0 saturated heterocycles. The standard InChI is InChI=1S/C19H22N4O4S/c1-11-8-13(27-4)9-12(2)18(11)28(25,26)23(3)10-16-21-15-7-5-6-14(19(20)24)17(15)22-16/h5-9H,10H2,1-4H3,(H2,20,24)(H,21,22). The number of ether oxygens (including phenoxy) is 1. The summed E-state index contributed by atoms with van der Waals surface area (Å²) in [6.45, 7) is 3.48. The van der Waals surface area contributed by atoms with E-state index in [4.69, 9.17) is 10.5 Å². The minimum absolute atomic E-state index is 0.0140. The molecule has 1 amide bonds. The number of aryl methyl sites for hydroxylation is 2. The Kier molecular flexibility index (Phi) is 5.14. The van der Waals surface area contributed by atoms with Crippen LogP contribution in [-0.4, -0.2) is 42.8 Å². The maximum atomic E-state index is 13.1. The predicted octanol–water partition coefficient (Wildman–Crippen LogP) is 2.11. The number of para-hydroxylation sites is 1. The number of H-pyrrole nitrogens is 1. The van der Waals surface area contributed by atoms with E-state index in [1.54, 1.807) is 44.2 Å². The number of fused-ring (bicyclic) bond motifs is 1. The van der Waals surface area contributed by atoms with Gasteiger partial charge in [-0.1, -0.05) is 6.07 Å². The summed E-state index contributed by atoms with van der Waals surface area (Å²) >= 11 is 0. The fraction of sp³-hybridized carbons (Fsp3) is 0.263. The van der Waals surface area contributed by atoms with Gasteiger partial charge in [0.15, 0.2) is 0 Å². The smallest absolute Gasteiger partial charge is 0.250 e. The van der Waals surface area contributed by atoms with Gasteiger partial charge in [-0.2, -0.15) is 4.31 Å². The van der Waals surface area contributed by atoms with Crippen molar-refractivity contribution in [3.05, 3.63) is 52.8 Å². The van der Waals surface area contributed by atoms with Crippen LogP contribution in [0.2, 0.25) is 0 Å². The van der Waals surface area contributed by atoms with Gasteiger partial charge in [-0.15, -0.1) is 0 Å². The predicted molar refractivity (Wildman–Crippen MR) is 106 cm³/mol. The molecule has 2 aromatic carbocycles. The molecule has 0 bridgehead atoms. The van der Waals surface area contributed by atoms with Gasteiger partial charge in [-0.3, -0.25) is 4.79 Å².